The fourth-order valence-electron chi connectivity index (χ4n) is 3.31. The topological polar surface area (TPSA) is 97.0 Å². The second-order valence-corrected chi connectivity index (χ2v) is 6.98. The van der Waals surface area contributed by atoms with E-state index in [-0.39, 0.29) is 5.69 Å². The number of imide groups is 1. The number of nitrogens with one attached hydrogen (secondary N) is 2. The maximum atomic E-state index is 13.3. The van der Waals surface area contributed by atoms with Crippen LogP contribution in [0.5, 0.6) is 11.5 Å². The third-order valence-electron chi connectivity index (χ3n) is 4.90. The number of carbonyl (C=O) groups is 3. The average Bonchev–Trinajstić information content (AvgIpc) is 2.94. The molecule has 2 aliphatic rings. The van der Waals surface area contributed by atoms with Crippen LogP contribution in [0, 0.1) is 11.6 Å². The monoisotopic (exact) mass is 417 g/mol. The fraction of sp³-hybridized carbons (Fsp3) is 0.250. The Kier molecular flexibility index (Phi) is 4.76. The molecule has 2 aromatic rings. The number of ether oxygens (including phenoxy) is 2. The second-order valence-electron chi connectivity index (χ2n) is 6.98. The van der Waals surface area contributed by atoms with E-state index in [0.717, 1.165) is 17.0 Å². The van der Waals surface area contributed by atoms with Crippen LogP contribution >= 0.6 is 0 Å². The van der Waals surface area contributed by atoms with Crippen LogP contribution in [0.25, 0.3) is 0 Å². The highest BCUT2D eigenvalue weighted by molar-refractivity contribution is 6.10. The fourth-order valence-corrected chi connectivity index (χ4v) is 3.31. The molecule has 1 unspecified atom stereocenters. The summed E-state index contributed by atoms with van der Waals surface area (Å²) in [6, 6.07) is 6.97. The first-order valence-electron chi connectivity index (χ1n) is 9.07. The zero-order valence-electron chi connectivity index (χ0n) is 15.8. The lowest BCUT2D eigenvalue weighted by Crippen LogP contribution is -2.42. The van der Waals surface area contributed by atoms with Crippen molar-refractivity contribution in [3.63, 3.8) is 0 Å². The van der Waals surface area contributed by atoms with Crippen molar-refractivity contribution in [1.82, 2.24) is 10.2 Å². The van der Waals surface area contributed by atoms with Gasteiger partial charge in [-0.15, -0.1) is 0 Å². The number of hydrogen-bond donors (Lipinski definition) is 2. The minimum Gasteiger partial charge on any atom is -0.486 e. The maximum Gasteiger partial charge on any atom is 0.325 e. The molecule has 0 spiro atoms. The van der Waals surface area contributed by atoms with Crippen LogP contribution in [0.2, 0.25) is 0 Å². The van der Waals surface area contributed by atoms with E-state index in [0.29, 0.717) is 30.3 Å². The summed E-state index contributed by atoms with van der Waals surface area (Å²) in [6.45, 7) is 1.71. The van der Waals surface area contributed by atoms with Crippen molar-refractivity contribution in [2.24, 2.45) is 0 Å². The molecule has 0 bridgehead atoms. The Balaban J connectivity index is 1.50. The Morgan fingerprint density at radius 1 is 1.10 bits per heavy atom. The normalized spacial score (nSPS) is 20.2. The Hall–Kier alpha value is -3.69. The number of urea groups is 1. The van der Waals surface area contributed by atoms with Crippen LogP contribution in [0.1, 0.15) is 12.5 Å². The molecule has 156 valence electrons. The van der Waals surface area contributed by atoms with Gasteiger partial charge in [-0.25, -0.2) is 13.6 Å². The largest absolute Gasteiger partial charge is 0.486 e. The first kappa shape index (κ1) is 19.6. The molecule has 30 heavy (non-hydrogen) atoms. The molecule has 1 atom stereocenters. The molecule has 2 N–H and O–H groups in total. The van der Waals surface area contributed by atoms with E-state index in [9.17, 15) is 23.2 Å². The summed E-state index contributed by atoms with van der Waals surface area (Å²) in [6.07, 6.45) is 0. The quantitative estimate of drug-likeness (QED) is 0.743. The van der Waals surface area contributed by atoms with E-state index >= 15 is 0 Å². The highest BCUT2D eigenvalue weighted by Gasteiger charge is 2.49. The van der Waals surface area contributed by atoms with Gasteiger partial charge in [0.25, 0.3) is 5.91 Å². The molecule has 0 saturated carbocycles. The Morgan fingerprint density at radius 2 is 1.83 bits per heavy atom. The van der Waals surface area contributed by atoms with Gasteiger partial charge in [0.2, 0.25) is 5.91 Å². The summed E-state index contributed by atoms with van der Waals surface area (Å²) < 4.78 is 37.3. The summed E-state index contributed by atoms with van der Waals surface area (Å²) in [5.74, 6) is -2.57. The highest BCUT2D eigenvalue weighted by atomic mass is 19.2. The van der Waals surface area contributed by atoms with Crippen LogP contribution in [0.15, 0.2) is 36.4 Å². The predicted octanol–water partition coefficient (Wildman–Crippen LogP) is 2.14. The number of amides is 4. The first-order valence-corrected chi connectivity index (χ1v) is 9.07. The second kappa shape index (κ2) is 7.29. The molecule has 4 amide bonds. The van der Waals surface area contributed by atoms with Crippen molar-refractivity contribution < 1.29 is 32.6 Å². The third-order valence-corrected chi connectivity index (χ3v) is 4.90. The van der Waals surface area contributed by atoms with Crippen molar-refractivity contribution in [2.75, 3.05) is 25.1 Å². The van der Waals surface area contributed by atoms with Crippen molar-refractivity contribution in [1.29, 1.82) is 0 Å². The van der Waals surface area contributed by atoms with Gasteiger partial charge in [-0.1, -0.05) is 6.07 Å². The summed E-state index contributed by atoms with van der Waals surface area (Å²) in [7, 11) is 0. The van der Waals surface area contributed by atoms with Crippen molar-refractivity contribution in [3.8, 4) is 11.5 Å². The summed E-state index contributed by atoms with van der Waals surface area (Å²) in [5.41, 5.74) is -0.941. The van der Waals surface area contributed by atoms with Crippen LogP contribution in [-0.2, 0) is 15.1 Å². The number of rotatable bonds is 4. The van der Waals surface area contributed by atoms with Gasteiger partial charge in [0.05, 0.1) is 0 Å². The van der Waals surface area contributed by atoms with Crippen molar-refractivity contribution in [3.05, 3.63) is 53.6 Å². The number of carbonyl (C=O) groups excluding carboxylic acids is 3. The Labute approximate surface area is 169 Å². The van der Waals surface area contributed by atoms with Crippen molar-refractivity contribution >= 4 is 23.5 Å². The van der Waals surface area contributed by atoms with E-state index in [1.807, 2.05) is 0 Å². The van der Waals surface area contributed by atoms with Crippen LogP contribution in [-0.4, -0.2) is 42.5 Å². The molecule has 10 heteroatoms. The lowest BCUT2D eigenvalue weighted by Gasteiger charge is -2.25. The predicted molar refractivity (Wildman–Crippen MR) is 100 cm³/mol. The van der Waals surface area contributed by atoms with Gasteiger partial charge in [-0.3, -0.25) is 14.5 Å². The van der Waals surface area contributed by atoms with Crippen LogP contribution < -0.4 is 20.1 Å². The minimum atomic E-state index is -1.41. The molecule has 1 saturated heterocycles. The molecule has 2 aliphatic heterocycles. The van der Waals surface area contributed by atoms with E-state index in [1.54, 1.807) is 18.2 Å². The van der Waals surface area contributed by atoms with E-state index in [4.69, 9.17) is 9.47 Å². The third kappa shape index (κ3) is 3.40. The van der Waals surface area contributed by atoms with Gasteiger partial charge >= 0.3 is 6.03 Å². The smallest absolute Gasteiger partial charge is 0.325 e. The standard InChI is InChI=1S/C20H17F2N3O5/c1-20(11-2-5-15-16(8-11)30-7-6-29-15)18(27)25(19(28)24-20)10-17(26)23-12-3-4-13(21)14(22)9-12/h2-5,8-9H,6-7,10H2,1H3,(H,23,26)(H,24,28). The van der Waals surface area contributed by atoms with Gasteiger partial charge in [0.15, 0.2) is 23.1 Å². The lowest BCUT2D eigenvalue weighted by atomic mass is 9.91. The van der Waals surface area contributed by atoms with Gasteiger partial charge in [0, 0.05) is 11.8 Å². The molecular formula is C20H17F2N3O5. The average molecular weight is 417 g/mol. The summed E-state index contributed by atoms with van der Waals surface area (Å²) in [4.78, 5) is 38.4. The van der Waals surface area contributed by atoms with Crippen LogP contribution in [0.3, 0.4) is 0 Å². The number of hydrogen-bond acceptors (Lipinski definition) is 5. The lowest BCUT2D eigenvalue weighted by molar-refractivity contribution is -0.133. The molecule has 8 nitrogen and oxygen atoms in total. The molecule has 2 aromatic carbocycles. The zero-order valence-corrected chi connectivity index (χ0v) is 15.8. The van der Waals surface area contributed by atoms with E-state index < -0.39 is 41.6 Å². The number of fused-ring (bicyclic) bond motifs is 1. The Bertz CT molecular complexity index is 1060. The molecule has 0 aromatic heterocycles. The SMILES string of the molecule is CC1(c2ccc3c(c2)OCCO3)NC(=O)N(CC(=O)Nc2ccc(F)c(F)c2)C1=O. The maximum absolute atomic E-state index is 13.3. The van der Waals surface area contributed by atoms with Gasteiger partial charge in [-0.05, 0) is 36.8 Å². The Morgan fingerprint density at radius 3 is 2.57 bits per heavy atom. The molecule has 0 radical (unpaired) electrons. The van der Waals surface area contributed by atoms with Crippen molar-refractivity contribution in [2.45, 2.75) is 12.5 Å². The van der Waals surface area contributed by atoms with Gasteiger partial charge in [0.1, 0.15) is 25.3 Å². The molecule has 2 heterocycles. The first-order chi connectivity index (χ1) is 14.3. The van der Waals surface area contributed by atoms with E-state index in [1.165, 1.54) is 13.0 Å². The molecule has 1 fully saturated rings. The van der Waals surface area contributed by atoms with Crippen LogP contribution in [0.4, 0.5) is 19.3 Å². The summed E-state index contributed by atoms with van der Waals surface area (Å²) in [5, 5.41) is 4.92. The highest BCUT2D eigenvalue weighted by Crippen LogP contribution is 2.36. The number of anilines is 1. The van der Waals surface area contributed by atoms with E-state index in [2.05, 4.69) is 10.6 Å². The number of halogens is 2. The summed E-state index contributed by atoms with van der Waals surface area (Å²) >= 11 is 0. The van der Waals surface area contributed by atoms with Gasteiger partial charge < -0.3 is 20.1 Å². The molecule has 4 rings (SSSR count). The molecular weight excluding hydrogens is 400 g/mol. The number of benzene rings is 2. The minimum absolute atomic E-state index is 0.000511. The molecule has 0 aliphatic carbocycles. The zero-order chi connectivity index (χ0) is 21.5. The number of nitrogens with zero attached hydrogens (tertiary/aromatic N) is 1. The van der Waals surface area contributed by atoms with Gasteiger partial charge in [-0.2, -0.15) is 0 Å².